The van der Waals surface area contributed by atoms with Crippen LogP contribution in [0.4, 0.5) is 0 Å². The van der Waals surface area contributed by atoms with Crippen LogP contribution in [0.15, 0.2) is 65.2 Å². The SMILES string of the molecule is CC(C)=CCCCNC(=O)c1ccc(-c2[nH]c(O)c3c2C(=O)N=C3c2ccc(Cl)cc2)cc1. The zero-order valence-electron chi connectivity index (χ0n) is 18.4. The highest BCUT2D eigenvalue weighted by atomic mass is 35.5. The summed E-state index contributed by atoms with van der Waals surface area (Å²) in [7, 11) is 0. The van der Waals surface area contributed by atoms with Gasteiger partial charge in [-0.05, 0) is 56.5 Å². The standard InChI is InChI=1S/C26H24ClN3O3/c1-15(2)5-3-4-14-28-24(31)18-8-6-16(7-9-18)22-20-21(26(33)29-22)23(30-25(20)32)17-10-12-19(27)13-11-17/h5-13,29,33H,3-4,14H2,1-2H3,(H,28,31). The average Bonchev–Trinajstić information content (AvgIpc) is 3.32. The highest BCUT2D eigenvalue weighted by molar-refractivity contribution is 6.32. The van der Waals surface area contributed by atoms with Crippen molar-refractivity contribution in [1.82, 2.24) is 10.3 Å². The van der Waals surface area contributed by atoms with Crippen molar-refractivity contribution in [3.63, 3.8) is 0 Å². The molecule has 0 aliphatic carbocycles. The fraction of sp³-hybridized carbons (Fsp3) is 0.192. The molecule has 0 fully saturated rings. The van der Waals surface area contributed by atoms with Gasteiger partial charge in [-0.25, -0.2) is 4.99 Å². The number of aromatic nitrogens is 1. The van der Waals surface area contributed by atoms with Gasteiger partial charge in [0.1, 0.15) is 0 Å². The number of unbranched alkanes of at least 4 members (excludes halogenated alkanes) is 1. The summed E-state index contributed by atoms with van der Waals surface area (Å²) < 4.78 is 0. The van der Waals surface area contributed by atoms with Gasteiger partial charge >= 0.3 is 0 Å². The van der Waals surface area contributed by atoms with Crippen LogP contribution in [-0.2, 0) is 0 Å². The van der Waals surface area contributed by atoms with Gasteiger partial charge in [0, 0.05) is 22.7 Å². The molecule has 1 aliphatic rings. The minimum atomic E-state index is -0.431. The number of hydrogen-bond donors (Lipinski definition) is 3. The first-order valence-electron chi connectivity index (χ1n) is 10.7. The van der Waals surface area contributed by atoms with Crippen LogP contribution in [0.3, 0.4) is 0 Å². The average molecular weight is 462 g/mol. The van der Waals surface area contributed by atoms with E-state index in [1.54, 1.807) is 48.5 Å². The van der Waals surface area contributed by atoms with Crippen LogP contribution in [0.2, 0.25) is 5.02 Å². The molecular weight excluding hydrogens is 438 g/mol. The summed E-state index contributed by atoms with van der Waals surface area (Å²) in [6, 6.07) is 13.8. The minimum Gasteiger partial charge on any atom is -0.494 e. The highest BCUT2D eigenvalue weighted by Gasteiger charge is 2.33. The zero-order chi connectivity index (χ0) is 23.5. The molecule has 7 heteroatoms. The molecule has 6 nitrogen and oxygen atoms in total. The smallest absolute Gasteiger partial charge is 0.280 e. The van der Waals surface area contributed by atoms with E-state index in [0.717, 1.165) is 12.8 Å². The van der Waals surface area contributed by atoms with E-state index < -0.39 is 5.91 Å². The predicted molar refractivity (Wildman–Crippen MR) is 130 cm³/mol. The van der Waals surface area contributed by atoms with Crippen molar-refractivity contribution in [2.24, 2.45) is 4.99 Å². The second-order valence-electron chi connectivity index (χ2n) is 8.13. The number of carbonyl (C=O) groups excluding carboxylic acids is 2. The van der Waals surface area contributed by atoms with Crippen molar-refractivity contribution in [2.45, 2.75) is 26.7 Å². The molecule has 2 heterocycles. The van der Waals surface area contributed by atoms with Gasteiger partial charge in [-0.3, -0.25) is 9.59 Å². The van der Waals surface area contributed by atoms with Gasteiger partial charge in [0.2, 0.25) is 0 Å². The van der Waals surface area contributed by atoms with Gasteiger partial charge in [-0.1, -0.05) is 47.5 Å². The van der Waals surface area contributed by atoms with Crippen molar-refractivity contribution in [2.75, 3.05) is 6.54 Å². The number of benzene rings is 2. The molecule has 4 rings (SSSR count). The summed E-state index contributed by atoms with van der Waals surface area (Å²) in [5.74, 6) is -0.708. The molecule has 3 aromatic rings. The van der Waals surface area contributed by atoms with E-state index in [1.807, 2.05) is 0 Å². The van der Waals surface area contributed by atoms with Crippen molar-refractivity contribution < 1.29 is 14.7 Å². The lowest BCUT2D eigenvalue weighted by Crippen LogP contribution is -2.24. The monoisotopic (exact) mass is 461 g/mol. The Morgan fingerprint density at radius 1 is 1.06 bits per heavy atom. The van der Waals surface area contributed by atoms with Gasteiger partial charge in [0.05, 0.1) is 22.5 Å². The van der Waals surface area contributed by atoms with E-state index in [-0.39, 0.29) is 11.8 Å². The maximum absolute atomic E-state index is 12.7. The molecule has 33 heavy (non-hydrogen) atoms. The molecule has 0 atom stereocenters. The van der Waals surface area contributed by atoms with E-state index in [4.69, 9.17) is 11.6 Å². The Kier molecular flexibility index (Phi) is 6.47. The molecule has 0 radical (unpaired) electrons. The first-order valence-corrected chi connectivity index (χ1v) is 11.1. The Balaban J connectivity index is 1.52. The number of rotatable bonds is 7. The first kappa shape index (κ1) is 22.6. The number of amides is 2. The summed E-state index contributed by atoms with van der Waals surface area (Å²) in [6.07, 6.45) is 3.95. The molecule has 0 bridgehead atoms. The Bertz CT molecular complexity index is 1270. The summed E-state index contributed by atoms with van der Waals surface area (Å²) >= 11 is 5.96. The van der Waals surface area contributed by atoms with Crippen molar-refractivity contribution in [3.8, 4) is 17.1 Å². The van der Waals surface area contributed by atoms with E-state index in [1.165, 1.54) is 5.57 Å². The molecule has 168 valence electrons. The van der Waals surface area contributed by atoms with Gasteiger partial charge in [0.25, 0.3) is 11.8 Å². The lowest BCUT2D eigenvalue weighted by atomic mass is 9.99. The van der Waals surface area contributed by atoms with Crippen LogP contribution in [0.1, 0.15) is 58.5 Å². The Morgan fingerprint density at radius 3 is 2.39 bits per heavy atom. The van der Waals surface area contributed by atoms with Gasteiger partial charge in [-0.2, -0.15) is 0 Å². The van der Waals surface area contributed by atoms with E-state index in [0.29, 0.717) is 50.8 Å². The van der Waals surface area contributed by atoms with Crippen molar-refractivity contribution >= 4 is 29.1 Å². The number of aromatic hydroxyl groups is 1. The van der Waals surface area contributed by atoms with Crippen LogP contribution < -0.4 is 5.32 Å². The number of allylic oxidation sites excluding steroid dienone is 2. The summed E-state index contributed by atoms with van der Waals surface area (Å²) in [6.45, 7) is 4.71. The Hall–Kier alpha value is -3.64. The van der Waals surface area contributed by atoms with Crippen molar-refractivity contribution in [1.29, 1.82) is 0 Å². The lowest BCUT2D eigenvalue weighted by Gasteiger charge is -2.06. The summed E-state index contributed by atoms with van der Waals surface area (Å²) in [5, 5.41) is 14.0. The van der Waals surface area contributed by atoms with Crippen LogP contribution >= 0.6 is 11.6 Å². The molecule has 0 spiro atoms. The number of halogens is 1. The zero-order valence-corrected chi connectivity index (χ0v) is 19.2. The molecule has 3 N–H and O–H groups in total. The lowest BCUT2D eigenvalue weighted by molar-refractivity contribution is 0.0952. The fourth-order valence-corrected chi connectivity index (χ4v) is 3.89. The number of carbonyl (C=O) groups is 2. The number of nitrogens with one attached hydrogen (secondary N) is 2. The largest absolute Gasteiger partial charge is 0.494 e. The number of nitrogens with zero attached hydrogens (tertiary/aromatic N) is 1. The van der Waals surface area contributed by atoms with Crippen LogP contribution in [0, 0.1) is 0 Å². The highest BCUT2D eigenvalue weighted by Crippen LogP contribution is 2.38. The topological polar surface area (TPSA) is 94.5 Å². The molecular formula is C26H24ClN3O3. The van der Waals surface area contributed by atoms with E-state index in [2.05, 4.69) is 35.2 Å². The quantitative estimate of drug-likeness (QED) is 0.320. The number of fused-ring (bicyclic) bond motifs is 1. The van der Waals surface area contributed by atoms with Crippen LogP contribution in [0.25, 0.3) is 11.3 Å². The number of aliphatic imine (C=N–C) groups is 1. The third-order valence-electron chi connectivity index (χ3n) is 5.42. The van der Waals surface area contributed by atoms with E-state index in [9.17, 15) is 14.7 Å². The molecule has 2 amide bonds. The van der Waals surface area contributed by atoms with Crippen molar-refractivity contribution in [3.05, 3.63) is 87.5 Å². The maximum Gasteiger partial charge on any atom is 0.280 e. The molecule has 2 aromatic carbocycles. The second-order valence-corrected chi connectivity index (χ2v) is 8.56. The number of aromatic amines is 1. The van der Waals surface area contributed by atoms with E-state index >= 15 is 0 Å². The Labute approximate surface area is 197 Å². The molecule has 0 saturated heterocycles. The summed E-state index contributed by atoms with van der Waals surface area (Å²) in [4.78, 5) is 32.2. The molecule has 1 aliphatic heterocycles. The minimum absolute atomic E-state index is 0.127. The van der Waals surface area contributed by atoms with Crippen LogP contribution in [0.5, 0.6) is 5.88 Å². The summed E-state index contributed by atoms with van der Waals surface area (Å²) in [5.41, 5.74) is 4.70. The number of H-pyrrole nitrogens is 1. The Morgan fingerprint density at radius 2 is 1.73 bits per heavy atom. The molecule has 0 unspecified atom stereocenters. The number of hydrogen-bond acceptors (Lipinski definition) is 3. The van der Waals surface area contributed by atoms with Gasteiger partial charge in [-0.15, -0.1) is 0 Å². The fourth-order valence-electron chi connectivity index (χ4n) is 3.76. The third kappa shape index (κ3) is 4.76. The maximum atomic E-state index is 12.7. The second kappa shape index (κ2) is 9.46. The van der Waals surface area contributed by atoms with Gasteiger partial charge in [0.15, 0.2) is 5.88 Å². The third-order valence-corrected chi connectivity index (χ3v) is 5.67. The normalized spacial score (nSPS) is 12.3. The van der Waals surface area contributed by atoms with Gasteiger partial charge < -0.3 is 15.4 Å². The molecule has 1 aromatic heterocycles. The predicted octanol–water partition coefficient (Wildman–Crippen LogP) is 5.51. The van der Waals surface area contributed by atoms with Crippen LogP contribution in [-0.4, -0.2) is 34.2 Å². The first-order chi connectivity index (χ1) is 15.8. The molecule has 0 saturated carbocycles.